The molecule has 1 aromatic rings. The Kier molecular flexibility index (Phi) is 4.88. The second-order valence-corrected chi connectivity index (χ2v) is 5.49. The highest BCUT2D eigenvalue weighted by atomic mass is 16.1. The molecule has 0 spiro atoms. The van der Waals surface area contributed by atoms with Gasteiger partial charge in [0.2, 0.25) is 0 Å². The topological polar surface area (TPSA) is 58.4 Å². The first-order valence-corrected chi connectivity index (χ1v) is 7.55. The van der Waals surface area contributed by atoms with Gasteiger partial charge in [-0.05, 0) is 43.9 Å². The molecule has 1 aromatic carbocycles. The molecule has 0 bridgehead atoms. The van der Waals surface area contributed by atoms with Gasteiger partial charge >= 0.3 is 0 Å². The van der Waals surface area contributed by atoms with Crippen LogP contribution in [-0.4, -0.2) is 25.5 Å². The van der Waals surface area contributed by atoms with Crippen LogP contribution < -0.4 is 16.0 Å². The van der Waals surface area contributed by atoms with E-state index in [1.807, 2.05) is 12.1 Å². The number of anilines is 2. The first-order valence-electron chi connectivity index (χ1n) is 7.55. The molecule has 0 saturated carbocycles. The number of rotatable bonds is 4. The molecule has 1 amide bonds. The minimum atomic E-state index is -0.0409. The fraction of sp³-hybridized carbons (Fsp3) is 0.562. The van der Waals surface area contributed by atoms with Crippen LogP contribution in [0.4, 0.5) is 11.4 Å². The molecule has 1 saturated heterocycles. The number of hydrogen-bond donors (Lipinski definition) is 2. The predicted octanol–water partition coefficient (Wildman–Crippen LogP) is 2.79. The van der Waals surface area contributed by atoms with Gasteiger partial charge in [-0.25, -0.2) is 0 Å². The molecule has 1 heterocycles. The lowest BCUT2D eigenvalue weighted by atomic mass is 9.96. The van der Waals surface area contributed by atoms with Crippen LogP contribution in [0.25, 0.3) is 0 Å². The highest BCUT2D eigenvalue weighted by molar-refractivity contribution is 6.00. The number of nitrogens with one attached hydrogen (secondary N) is 1. The van der Waals surface area contributed by atoms with Gasteiger partial charge in [-0.3, -0.25) is 4.79 Å². The van der Waals surface area contributed by atoms with Crippen LogP contribution in [-0.2, 0) is 0 Å². The van der Waals surface area contributed by atoms with Crippen molar-refractivity contribution in [3.8, 4) is 0 Å². The second kappa shape index (κ2) is 6.64. The van der Waals surface area contributed by atoms with E-state index in [1.165, 1.54) is 32.1 Å². The molecule has 1 aliphatic heterocycles. The van der Waals surface area contributed by atoms with Gasteiger partial charge in [0.25, 0.3) is 5.91 Å². The summed E-state index contributed by atoms with van der Waals surface area (Å²) in [5.74, 6) is -0.0409. The SMILES string of the molecule is CCCC1CCCCN1c1cc(N)ccc1C(=O)NC. The molecule has 1 atom stereocenters. The molecular formula is C16H25N3O. The molecule has 3 N–H and O–H groups in total. The smallest absolute Gasteiger partial charge is 0.253 e. The number of carbonyl (C=O) groups is 1. The third-order valence-electron chi connectivity index (χ3n) is 4.05. The zero-order chi connectivity index (χ0) is 14.5. The Morgan fingerprint density at radius 3 is 2.95 bits per heavy atom. The maximum Gasteiger partial charge on any atom is 0.253 e. The van der Waals surface area contributed by atoms with Crippen molar-refractivity contribution in [1.82, 2.24) is 5.32 Å². The van der Waals surface area contributed by atoms with Gasteiger partial charge in [0.15, 0.2) is 0 Å². The molecule has 0 radical (unpaired) electrons. The molecule has 4 nitrogen and oxygen atoms in total. The Morgan fingerprint density at radius 2 is 2.25 bits per heavy atom. The van der Waals surface area contributed by atoms with Crippen molar-refractivity contribution in [2.24, 2.45) is 0 Å². The van der Waals surface area contributed by atoms with Gasteiger partial charge in [-0.15, -0.1) is 0 Å². The highest BCUT2D eigenvalue weighted by Crippen LogP contribution is 2.31. The quantitative estimate of drug-likeness (QED) is 0.831. The molecule has 1 fully saturated rings. The van der Waals surface area contributed by atoms with Crippen molar-refractivity contribution < 1.29 is 4.79 Å². The van der Waals surface area contributed by atoms with Gasteiger partial charge in [0.1, 0.15) is 0 Å². The zero-order valence-corrected chi connectivity index (χ0v) is 12.5. The number of carbonyl (C=O) groups excluding carboxylic acids is 1. The van der Waals surface area contributed by atoms with Gasteiger partial charge < -0.3 is 16.0 Å². The Hall–Kier alpha value is -1.71. The number of nitrogens with zero attached hydrogens (tertiary/aromatic N) is 1. The number of hydrogen-bond acceptors (Lipinski definition) is 3. The number of nitrogens with two attached hydrogens (primary N) is 1. The van der Waals surface area contributed by atoms with Gasteiger partial charge in [-0.1, -0.05) is 13.3 Å². The average Bonchev–Trinajstić information content (AvgIpc) is 2.47. The summed E-state index contributed by atoms with van der Waals surface area (Å²) >= 11 is 0. The lowest BCUT2D eigenvalue weighted by molar-refractivity contribution is 0.0963. The van der Waals surface area contributed by atoms with Crippen molar-refractivity contribution in [3.63, 3.8) is 0 Å². The summed E-state index contributed by atoms with van der Waals surface area (Å²) < 4.78 is 0. The van der Waals surface area contributed by atoms with Crippen LogP contribution >= 0.6 is 0 Å². The van der Waals surface area contributed by atoms with Crippen LogP contribution in [0.3, 0.4) is 0 Å². The van der Waals surface area contributed by atoms with Crippen LogP contribution in [0.2, 0.25) is 0 Å². The lowest BCUT2D eigenvalue weighted by Gasteiger charge is -2.38. The summed E-state index contributed by atoms with van der Waals surface area (Å²) in [6, 6.07) is 6.10. The number of nitrogen functional groups attached to an aromatic ring is 1. The van der Waals surface area contributed by atoms with Crippen LogP contribution in [0.15, 0.2) is 18.2 Å². The van der Waals surface area contributed by atoms with Gasteiger partial charge in [-0.2, -0.15) is 0 Å². The van der Waals surface area contributed by atoms with E-state index in [1.54, 1.807) is 13.1 Å². The van der Waals surface area contributed by atoms with E-state index in [0.717, 1.165) is 17.8 Å². The Labute approximate surface area is 121 Å². The Balaban J connectivity index is 2.37. The lowest BCUT2D eigenvalue weighted by Crippen LogP contribution is -2.40. The standard InChI is InChI=1S/C16H25N3O/c1-3-6-13-7-4-5-10-19(13)15-11-12(17)8-9-14(15)16(20)18-2/h8-9,11,13H,3-7,10,17H2,1-2H3,(H,18,20). The fourth-order valence-corrected chi connectivity index (χ4v) is 3.06. The van der Waals surface area contributed by atoms with E-state index in [2.05, 4.69) is 17.1 Å². The fourth-order valence-electron chi connectivity index (χ4n) is 3.06. The van der Waals surface area contributed by atoms with E-state index in [0.29, 0.717) is 11.7 Å². The molecule has 0 aromatic heterocycles. The molecule has 0 aliphatic carbocycles. The van der Waals surface area contributed by atoms with E-state index >= 15 is 0 Å². The van der Waals surface area contributed by atoms with E-state index in [4.69, 9.17) is 5.73 Å². The van der Waals surface area contributed by atoms with E-state index < -0.39 is 0 Å². The summed E-state index contributed by atoms with van der Waals surface area (Å²) in [5.41, 5.74) is 8.37. The summed E-state index contributed by atoms with van der Waals surface area (Å²) in [5, 5.41) is 2.72. The summed E-state index contributed by atoms with van der Waals surface area (Å²) in [6.45, 7) is 3.23. The number of piperidine rings is 1. The largest absolute Gasteiger partial charge is 0.399 e. The maximum atomic E-state index is 12.1. The summed E-state index contributed by atoms with van der Waals surface area (Å²) in [7, 11) is 1.67. The van der Waals surface area contributed by atoms with Crippen molar-refractivity contribution >= 4 is 17.3 Å². The van der Waals surface area contributed by atoms with E-state index in [9.17, 15) is 4.79 Å². The first kappa shape index (κ1) is 14.7. The minimum absolute atomic E-state index is 0.0409. The van der Waals surface area contributed by atoms with E-state index in [-0.39, 0.29) is 5.91 Å². The Bertz CT molecular complexity index is 471. The predicted molar refractivity (Wildman–Crippen MR) is 84.1 cm³/mol. The van der Waals surface area contributed by atoms with Gasteiger partial charge in [0, 0.05) is 25.3 Å². The van der Waals surface area contributed by atoms with Crippen LogP contribution in [0.5, 0.6) is 0 Å². The van der Waals surface area contributed by atoms with Crippen LogP contribution in [0, 0.1) is 0 Å². The van der Waals surface area contributed by atoms with Crippen molar-refractivity contribution in [3.05, 3.63) is 23.8 Å². The molecule has 2 rings (SSSR count). The highest BCUT2D eigenvalue weighted by Gasteiger charge is 2.25. The molecule has 1 unspecified atom stereocenters. The van der Waals surface area contributed by atoms with Gasteiger partial charge in [0.05, 0.1) is 11.3 Å². The number of benzene rings is 1. The second-order valence-electron chi connectivity index (χ2n) is 5.49. The molecular weight excluding hydrogens is 250 g/mol. The Morgan fingerprint density at radius 1 is 1.45 bits per heavy atom. The monoisotopic (exact) mass is 275 g/mol. The number of amides is 1. The first-order chi connectivity index (χ1) is 9.67. The molecule has 110 valence electrons. The minimum Gasteiger partial charge on any atom is -0.399 e. The molecule has 4 heteroatoms. The average molecular weight is 275 g/mol. The third kappa shape index (κ3) is 3.06. The normalized spacial score (nSPS) is 18.9. The summed E-state index contributed by atoms with van der Waals surface area (Å²) in [6.07, 6.45) is 6.00. The van der Waals surface area contributed by atoms with Crippen molar-refractivity contribution in [1.29, 1.82) is 0 Å². The zero-order valence-electron chi connectivity index (χ0n) is 12.5. The third-order valence-corrected chi connectivity index (χ3v) is 4.05. The molecule has 20 heavy (non-hydrogen) atoms. The summed E-state index contributed by atoms with van der Waals surface area (Å²) in [4.78, 5) is 14.5. The molecule has 1 aliphatic rings. The van der Waals surface area contributed by atoms with Crippen molar-refractivity contribution in [2.45, 2.75) is 45.1 Å². The van der Waals surface area contributed by atoms with Crippen molar-refractivity contribution in [2.75, 3.05) is 24.2 Å². The maximum absolute atomic E-state index is 12.1. The van der Waals surface area contributed by atoms with Crippen LogP contribution in [0.1, 0.15) is 49.4 Å².